The molecule has 0 radical (unpaired) electrons. The molecule has 1 aliphatic heterocycles. The minimum absolute atomic E-state index is 0.0116. The van der Waals surface area contributed by atoms with E-state index in [-0.39, 0.29) is 29.3 Å². The minimum Gasteiger partial charge on any atom is -0.469 e. The van der Waals surface area contributed by atoms with Gasteiger partial charge in [0.1, 0.15) is 11.9 Å². The molecule has 0 amide bonds. The SMILES string of the molecule is CC(CCc1ccco1)NCC1C(=O)O[C@@H]2C[C@@]3(C)CCC[C@H](C)C3=C[C@H]12. The van der Waals surface area contributed by atoms with Gasteiger partial charge in [0, 0.05) is 24.9 Å². The predicted molar refractivity (Wildman–Crippen MR) is 105 cm³/mol. The number of aryl methyl sites for hydroxylation is 1. The first-order valence-corrected chi connectivity index (χ1v) is 10.6. The number of carbonyl (C=O) groups is 1. The number of furan rings is 1. The van der Waals surface area contributed by atoms with Gasteiger partial charge in [-0.2, -0.15) is 0 Å². The van der Waals surface area contributed by atoms with Crippen LogP contribution in [0.2, 0.25) is 0 Å². The summed E-state index contributed by atoms with van der Waals surface area (Å²) < 4.78 is 11.2. The molecule has 2 fully saturated rings. The van der Waals surface area contributed by atoms with Gasteiger partial charge in [0.25, 0.3) is 0 Å². The Morgan fingerprint density at radius 3 is 3.04 bits per heavy atom. The summed E-state index contributed by atoms with van der Waals surface area (Å²) in [4.78, 5) is 12.6. The van der Waals surface area contributed by atoms with Crippen molar-refractivity contribution in [1.82, 2.24) is 5.32 Å². The van der Waals surface area contributed by atoms with Gasteiger partial charge in [-0.3, -0.25) is 4.79 Å². The van der Waals surface area contributed by atoms with Crippen LogP contribution >= 0.6 is 0 Å². The summed E-state index contributed by atoms with van der Waals surface area (Å²) in [6.45, 7) is 7.61. The second-order valence-corrected chi connectivity index (χ2v) is 9.27. The largest absolute Gasteiger partial charge is 0.469 e. The van der Waals surface area contributed by atoms with E-state index in [1.807, 2.05) is 12.1 Å². The van der Waals surface area contributed by atoms with Gasteiger partial charge in [-0.1, -0.05) is 31.9 Å². The van der Waals surface area contributed by atoms with E-state index in [4.69, 9.17) is 9.15 Å². The molecule has 1 aromatic heterocycles. The molecule has 1 aromatic rings. The van der Waals surface area contributed by atoms with E-state index in [0.717, 1.165) is 25.0 Å². The van der Waals surface area contributed by atoms with E-state index >= 15 is 0 Å². The zero-order valence-corrected chi connectivity index (χ0v) is 16.9. The predicted octanol–water partition coefficient (Wildman–Crippen LogP) is 4.50. The first kappa shape index (κ1) is 18.8. The highest BCUT2D eigenvalue weighted by Gasteiger charge is 2.51. The summed E-state index contributed by atoms with van der Waals surface area (Å²) in [6, 6.07) is 4.29. The summed E-state index contributed by atoms with van der Waals surface area (Å²) in [5.41, 5.74) is 1.82. The zero-order valence-electron chi connectivity index (χ0n) is 16.9. The Morgan fingerprint density at radius 1 is 1.41 bits per heavy atom. The average molecular weight is 372 g/mol. The zero-order chi connectivity index (χ0) is 19.0. The van der Waals surface area contributed by atoms with Crippen LogP contribution < -0.4 is 5.32 Å². The number of hydrogen-bond donors (Lipinski definition) is 1. The van der Waals surface area contributed by atoms with Crippen molar-refractivity contribution in [2.24, 2.45) is 23.2 Å². The fourth-order valence-electron chi connectivity index (χ4n) is 5.53. The molecule has 4 heteroatoms. The van der Waals surface area contributed by atoms with Crippen molar-refractivity contribution in [2.45, 2.75) is 71.4 Å². The van der Waals surface area contributed by atoms with Crippen LogP contribution in [0, 0.1) is 23.2 Å². The number of hydrogen-bond acceptors (Lipinski definition) is 4. The molecule has 1 N–H and O–H groups in total. The maximum absolute atomic E-state index is 12.6. The van der Waals surface area contributed by atoms with Gasteiger partial charge in [-0.15, -0.1) is 0 Å². The van der Waals surface area contributed by atoms with E-state index in [1.54, 1.807) is 11.8 Å². The standard InChI is InChI=1S/C23H33NO3/c1-15-6-4-10-23(3)13-21-18(12-20(15)23)19(22(25)27-21)14-24-16(2)8-9-17-7-5-11-26-17/h5,7,11-12,15-16,18-19,21,24H,4,6,8-10,13-14H2,1-3H3/t15-,16?,18+,19?,21+,23+/m0/s1. The van der Waals surface area contributed by atoms with Gasteiger partial charge in [0.15, 0.2) is 0 Å². The lowest BCUT2D eigenvalue weighted by Crippen LogP contribution is -2.41. The molecule has 2 heterocycles. The molecule has 148 valence electrons. The monoisotopic (exact) mass is 371 g/mol. The summed E-state index contributed by atoms with van der Waals surface area (Å²) in [6.07, 6.45) is 10.9. The van der Waals surface area contributed by atoms with Crippen LogP contribution in [0.5, 0.6) is 0 Å². The Labute approximate surface area is 162 Å². The van der Waals surface area contributed by atoms with Crippen LogP contribution in [-0.2, 0) is 16.0 Å². The molecule has 27 heavy (non-hydrogen) atoms. The number of allylic oxidation sites excluding steroid dienone is 1. The third kappa shape index (κ3) is 3.73. The maximum atomic E-state index is 12.6. The molecule has 4 rings (SSSR count). The van der Waals surface area contributed by atoms with Gasteiger partial charge in [-0.25, -0.2) is 0 Å². The van der Waals surface area contributed by atoms with Crippen molar-refractivity contribution in [1.29, 1.82) is 0 Å². The molecule has 0 aromatic carbocycles. The highest BCUT2D eigenvalue weighted by Crippen LogP contribution is 2.53. The molecule has 2 unspecified atom stereocenters. The van der Waals surface area contributed by atoms with Gasteiger partial charge in [0.2, 0.25) is 0 Å². The third-order valence-corrected chi connectivity index (χ3v) is 7.17. The minimum atomic E-state index is -0.0489. The van der Waals surface area contributed by atoms with Crippen LogP contribution in [0.4, 0.5) is 0 Å². The number of rotatable bonds is 6. The second kappa shape index (κ2) is 7.46. The van der Waals surface area contributed by atoms with Crippen molar-refractivity contribution >= 4 is 5.97 Å². The quantitative estimate of drug-likeness (QED) is 0.591. The first-order chi connectivity index (χ1) is 13.0. The lowest BCUT2D eigenvalue weighted by molar-refractivity contribution is -0.145. The Balaban J connectivity index is 1.39. The molecule has 0 spiro atoms. The van der Waals surface area contributed by atoms with Gasteiger partial charge in [0.05, 0.1) is 12.2 Å². The number of carbonyl (C=O) groups excluding carboxylic acids is 1. The van der Waals surface area contributed by atoms with Crippen LogP contribution in [0.15, 0.2) is 34.5 Å². The topological polar surface area (TPSA) is 51.5 Å². The van der Waals surface area contributed by atoms with E-state index in [0.29, 0.717) is 18.5 Å². The second-order valence-electron chi connectivity index (χ2n) is 9.27. The van der Waals surface area contributed by atoms with Gasteiger partial charge < -0.3 is 14.5 Å². The Bertz CT molecular complexity index is 694. The molecule has 2 aliphatic carbocycles. The van der Waals surface area contributed by atoms with Crippen LogP contribution in [0.1, 0.15) is 58.6 Å². The average Bonchev–Trinajstić information content (AvgIpc) is 3.23. The van der Waals surface area contributed by atoms with Crippen LogP contribution in [0.25, 0.3) is 0 Å². The maximum Gasteiger partial charge on any atom is 0.311 e. The highest BCUT2D eigenvalue weighted by molar-refractivity contribution is 5.76. The fourth-order valence-corrected chi connectivity index (χ4v) is 5.53. The van der Waals surface area contributed by atoms with Crippen molar-refractivity contribution in [3.05, 3.63) is 35.8 Å². The van der Waals surface area contributed by atoms with Crippen molar-refractivity contribution in [3.63, 3.8) is 0 Å². The Hall–Kier alpha value is -1.55. The van der Waals surface area contributed by atoms with E-state index in [9.17, 15) is 4.79 Å². The highest BCUT2D eigenvalue weighted by atomic mass is 16.6. The molecular formula is C23H33NO3. The Kier molecular flexibility index (Phi) is 5.19. The molecule has 1 saturated heterocycles. The van der Waals surface area contributed by atoms with E-state index in [2.05, 4.69) is 32.2 Å². The smallest absolute Gasteiger partial charge is 0.311 e. The van der Waals surface area contributed by atoms with Crippen molar-refractivity contribution in [3.8, 4) is 0 Å². The summed E-state index contributed by atoms with van der Waals surface area (Å²) >= 11 is 0. The first-order valence-electron chi connectivity index (χ1n) is 10.6. The van der Waals surface area contributed by atoms with Crippen molar-refractivity contribution in [2.75, 3.05) is 6.54 Å². The van der Waals surface area contributed by atoms with Gasteiger partial charge in [-0.05, 0) is 56.1 Å². The third-order valence-electron chi connectivity index (χ3n) is 7.17. The molecule has 4 nitrogen and oxygen atoms in total. The number of nitrogens with one attached hydrogen (secondary N) is 1. The van der Waals surface area contributed by atoms with Crippen LogP contribution in [-0.4, -0.2) is 24.7 Å². The summed E-state index contributed by atoms with van der Waals surface area (Å²) in [5.74, 6) is 1.84. The molecule has 0 bridgehead atoms. The van der Waals surface area contributed by atoms with E-state index in [1.165, 1.54) is 19.3 Å². The molecule has 6 atom stereocenters. The summed E-state index contributed by atoms with van der Waals surface area (Å²) in [5, 5.41) is 3.57. The Morgan fingerprint density at radius 2 is 2.26 bits per heavy atom. The van der Waals surface area contributed by atoms with E-state index < -0.39 is 0 Å². The number of esters is 1. The van der Waals surface area contributed by atoms with Crippen LogP contribution in [0.3, 0.4) is 0 Å². The molecule has 1 saturated carbocycles. The van der Waals surface area contributed by atoms with Crippen molar-refractivity contribution < 1.29 is 13.9 Å². The molecular weight excluding hydrogens is 338 g/mol. The fraction of sp³-hybridized carbons (Fsp3) is 0.696. The number of fused-ring (bicyclic) bond motifs is 2. The van der Waals surface area contributed by atoms with Gasteiger partial charge >= 0.3 is 5.97 Å². The molecule has 3 aliphatic rings. The normalized spacial score (nSPS) is 36.6. The lowest BCUT2D eigenvalue weighted by Gasteiger charge is -2.46. The lowest BCUT2D eigenvalue weighted by atomic mass is 9.59. The summed E-state index contributed by atoms with van der Waals surface area (Å²) in [7, 11) is 0. The number of ether oxygens (including phenoxy) is 1.